The second-order valence-corrected chi connectivity index (χ2v) is 8.91. The highest BCUT2D eigenvalue weighted by Gasteiger charge is 2.22. The first-order chi connectivity index (χ1) is 13.4. The van der Waals surface area contributed by atoms with Crippen molar-refractivity contribution >= 4 is 18.0 Å². The molecule has 0 rings (SSSR count). The van der Waals surface area contributed by atoms with Crippen molar-refractivity contribution in [3.63, 3.8) is 0 Å². The highest BCUT2D eigenvalue weighted by atomic mass is 16.6. The van der Waals surface area contributed by atoms with E-state index in [9.17, 15) is 9.59 Å². The topological polar surface area (TPSA) is 95.1 Å². The molecular formula is C21H43N5O3. The van der Waals surface area contributed by atoms with Crippen LogP contribution in [0.3, 0.4) is 0 Å². The average Bonchev–Trinajstić information content (AvgIpc) is 2.54. The fourth-order valence-electron chi connectivity index (χ4n) is 2.60. The number of nitrogens with zero attached hydrogens (tertiary/aromatic N) is 2. The molecule has 1 unspecified atom stereocenters. The van der Waals surface area contributed by atoms with Crippen molar-refractivity contribution in [2.24, 2.45) is 10.9 Å². The smallest absolute Gasteiger partial charge is 0.407 e. The molecule has 0 aromatic heterocycles. The number of carbonyl (C=O) groups is 2. The van der Waals surface area contributed by atoms with Gasteiger partial charge in [0, 0.05) is 38.6 Å². The van der Waals surface area contributed by atoms with E-state index >= 15 is 0 Å². The van der Waals surface area contributed by atoms with E-state index in [0.29, 0.717) is 19.5 Å². The van der Waals surface area contributed by atoms with Crippen molar-refractivity contribution in [2.45, 2.75) is 85.9 Å². The molecule has 0 aromatic carbocycles. The third-order valence-electron chi connectivity index (χ3n) is 4.03. The lowest BCUT2D eigenvalue weighted by Gasteiger charge is -2.28. The maximum atomic E-state index is 12.1. The Labute approximate surface area is 177 Å². The van der Waals surface area contributed by atoms with E-state index < -0.39 is 11.7 Å². The summed E-state index contributed by atoms with van der Waals surface area (Å²) in [7, 11) is 1.96. The fourth-order valence-corrected chi connectivity index (χ4v) is 2.60. The Balaban J connectivity index is 4.76. The Hall–Kier alpha value is -1.99. The van der Waals surface area contributed by atoms with Crippen LogP contribution in [0.2, 0.25) is 0 Å². The zero-order valence-corrected chi connectivity index (χ0v) is 19.9. The minimum atomic E-state index is -0.519. The molecule has 8 nitrogen and oxygen atoms in total. The zero-order valence-electron chi connectivity index (χ0n) is 19.9. The van der Waals surface area contributed by atoms with E-state index in [1.165, 1.54) is 0 Å². The Morgan fingerprint density at radius 2 is 1.72 bits per heavy atom. The van der Waals surface area contributed by atoms with Gasteiger partial charge in [-0.1, -0.05) is 13.8 Å². The summed E-state index contributed by atoms with van der Waals surface area (Å²) in [6.07, 6.45) is 0.720. The highest BCUT2D eigenvalue weighted by Crippen LogP contribution is 2.11. The maximum absolute atomic E-state index is 12.1. The van der Waals surface area contributed by atoms with Crippen LogP contribution in [-0.4, -0.2) is 67.2 Å². The van der Waals surface area contributed by atoms with Gasteiger partial charge in [0.1, 0.15) is 5.60 Å². The van der Waals surface area contributed by atoms with Gasteiger partial charge < -0.3 is 25.6 Å². The van der Waals surface area contributed by atoms with E-state index in [0.717, 1.165) is 18.9 Å². The van der Waals surface area contributed by atoms with Gasteiger partial charge in [-0.05, 0) is 53.9 Å². The van der Waals surface area contributed by atoms with Crippen LogP contribution >= 0.6 is 0 Å². The predicted octanol–water partition coefficient (Wildman–Crippen LogP) is 2.74. The van der Waals surface area contributed by atoms with Crippen molar-refractivity contribution in [1.29, 1.82) is 0 Å². The summed E-state index contributed by atoms with van der Waals surface area (Å²) in [5.74, 6) is 1.03. The fraction of sp³-hybridized carbons (Fsp3) is 0.857. The number of hydrogen-bond acceptors (Lipinski definition) is 4. The molecule has 0 saturated heterocycles. The molecule has 2 amide bonds. The third kappa shape index (κ3) is 13.8. The zero-order chi connectivity index (χ0) is 22.6. The summed E-state index contributed by atoms with van der Waals surface area (Å²) in [5.41, 5.74) is -0.519. The van der Waals surface area contributed by atoms with Crippen LogP contribution in [0.4, 0.5) is 4.79 Å². The summed E-state index contributed by atoms with van der Waals surface area (Å²) in [4.78, 5) is 30.5. The monoisotopic (exact) mass is 413 g/mol. The number of amides is 2. The van der Waals surface area contributed by atoms with Crippen molar-refractivity contribution < 1.29 is 14.3 Å². The molecular weight excluding hydrogens is 370 g/mol. The van der Waals surface area contributed by atoms with Crippen LogP contribution in [0.15, 0.2) is 4.99 Å². The number of aliphatic imine (C=N–C) groups is 1. The molecule has 0 aliphatic rings. The minimum absolute atomic E-state index is 0.00341. The summed E-state index contributed by atoms with van der Waals surface area (Å²) in [6, 6.07) is 0.125. The molecule has 0 heterocycles. The van der Waals surface area contributed by atoms with Gasteiger partial charge in [0.2, 0.25) is 5.91 Å². The lowest BCUT2D eigenvalue weighted by Crippen LogP contribution is -2.45. The molecule has 1 atom stereocenters. The largest absolute Gasteiger partial charge is 0.444 e. The average molecular weight is 414 g/mol. The molecule has 8 heteroatoms. The third-order valence-corrected chi connectivity index (χ3v) is 4.03. The van der Waals surface area contributed by atoms with Gasteiger partial charge in [0.25, 0.3) is 0 Å². The standard InChI is InChI=1S/C21H43N5O3/c1-10-22-19(23-13-11-18(27)24-16(4)5)26(9)14-12-17(15(2)3)25-20(28)29-21(6,7)8/h15-17H,10-14H2,1-9H3,(H,22,23)(H,24,27)(H,25,28). The first-order valence-electron chi connectivity index (χ1n) is 10.6. The minimum Gasteiger partial charge on any atom is -0.444 e. The molecule has 0 saturated carbocycles. The predicted molar refractivity (Wildman–Crippen MR) is 119 cm³/mol. The lowest BCUT2D eigenvalue weighted by molar-refractivity contribution is -0.121. The van der Waals surface area contributed by atoms with Crippen LogP contribution in [0.25, 0.3) is 0 Å². The summed E-state index contributed by atoms with van der Waals surface area (Å²) in [6.45, 7) is 17.5. The molecule has 0 fully saturated rings. The quantitative estimate of drug-likeness (QED) is 0.378. The number of ether oxygens (including phenoxy) is 1. The Morgan fingerprint density at radius 3 is 2.21 bits per heavy atom. The van der Waals surface area contributed by atoms with E-state index in [-0.39, 0.29) is 23.9 Å². The Bertz CT molecular complexity index is 527. The first-order valence-corrected chi connectivity index (χ1v) is 10.6. The normalized spacial score (nSPS) is 13.3. The van der Waals surface area contributed by atoms with Crippen LogP contribution in [0.5, 0.6) is 0 Å². The molecule has 0 bridgehead atoms. The second kappa shape index (κ2) is 13.3. The molecule has 0 aromatic rings. The van der Waals surface area contributed by atoms with Crippen LogP contribution < -0.4 is 16.0 Å². The molecule has 0 aliphatic carbocycles. The van der Waals surface area contributed by atoms with E-state index in [1.54, 1.807) is 0 Å². The molecule has 0 aliphatic heterocycles. The van der Waals surface area contributed by atoms with Gasteiger partial charge in [-0.25, -0.2) is 4.79 Å². The molecule has 29 heavy (non-hydrogen) atoms. The molecule has 170 valence electrons. The first kappa shape index (κ1) is 27.0. The van der Waals surface area contributed by atoms with Crippen molar-refractivity contribution in [3.8, 4) is 0 Å². The lowest BCUT2D eigenvalue weighted by atomic mass is 10.0. The number of hydrogen-bond donors (Lipinski definition) is 3. The Morgan fingerprint density at radius 1 is 1.10 bits per heavy atom. The van der Waals surface area contributed by atoms with Crippen molar-refractivity contribution in [2.75, 3.05) is 26.7 Å². The van der Waals surface area contributed by atoms with Crippen LogP contribution in [0.1, 0.15) is 68.2 Å². The number of guanidine groups is 1. The van der Waals surface area contributed by atoms with E-state index in [2.05, 4.69) is 34.8 Å². The van der Waals surface area contributed by atoms with Crippen molar-refractivity contribution in [1.82, 2.24) is 20.9 Å². The summed E-state index contributed by atoms with van der Waals surface area (Å²) >= 11 is 0. The number of carbonyl (C=O) groups excluding carboxylic acids is 2. The summed E-state index contributed by atoms with van der Waals surface area (Å²) in [5, 5.41) is 9.10. The molecule has 0 radical (unpaired) electrons. The van der Waals surface area contributed by atoms with E-state index in [4.69, 9.17) is 4.74 Å². The SMILES string of the molecule is CCNC(=NCCC(=O)NC(C)C)N(C)CCC(NC(=O)OC(C)(C)C)C(C)C. The highest BCUT2D eigenvalue weighted by molar-refractivity contribution is 5.80. The van der Waals surface area contributed by atoms with Crippen LogP contribution in [0, 0.1) is 5.92 Å². The van der Waals surface area contributed by atoms with Gasteiger partial charge in [0.05, 0.1) is 6.54 Å². The Kier molecular flexibility index (Phi) is 12.4. The van der Waals surface area contributed by atoms with Gasteiger partial charge in [-0.3, -0.25) is 9.79 Å². The summed E-state index contributed by atoms with van der Waals surface area (Å²) < 4.78 is 5.38. The van der Waals surface area contributed by atoms with Gasteiger partial charge >= 0.3 is 6.09 Å². The second-order valence-electron chi connectivity index (χ2n) is 8.91. The number of alkyl carbamates (subject to hydrolysis) is 1. The number of nitrogens with one attached hydrogen (secondary N) is 3. The van der Waals surface area contributed by atoms with Gasteiger partial charge in [0.15, 0.2) is 5.96 Å². The molecule has 3 N–H and O–H groups in total. The van der Waals surface area contributed by atoms with Gasteiger partial charge in [-0.15, -0.1) is 0 Å². The maximum Gasteiger partial charge on any atom is 0.407 e. The van der Waals surface area contributed by atoms with Crippen molar-refractivity contribution in [3.05, 3.63) is 0 Å². The number of rotatable bonds is 10. The molecule has 0 spiro atoms. The van der Waals surface area contributed by atoms with E-state index in [1.807, 2.05) is 53.5 Å². The van der Waals surface area contributed by atoms with Gasteiger partial charge in [-0.2, -0.15) is 0 Å². The van der Waals surface area contributed by atoms with Crippen LogP contribution in [-0.2, 0) is 9.53 Å².